The van der Waals surface area contributed by atoms with Crippen LogP contribution in [0.15, 0.2) is 21.2 Å². The highest BCUT2D eigenvalue weighted by atomic mass is 32.2. The molecule has 0 aliphatic heterocycles. The van der Waals surface area contributed by atoms with Gasteiger partial charge in [0.15, 0.2) is 5.16 Å². The Labute approximate surface area is 124 Å². The van der Waals surface area contributed by atoms with Crippen LogP contribution in [0.5, 0.6) is 6.01 Å². The Morgan fingerprint density at radius 2 is 2.19 bits per heavy atom. The van der Waals surface area contributed by atoms with Crippen LogP contribution in [-0.2, 0) is 0 Å². The molecule has 2 aromatic heterocycles. The quantitative estimate of drug-likeness (QED) is 0.396. The maximum Gasteiger partial charge on any atom is 0.322 e. The fraction of sp³-hybridized carbons (Fsp3) is 0.364. The Bertz CT molecular complexity index is 676. The van der Waals surface area contributed by atoms with Crippen molar-refractivity contribution in [2.75, 3.05) is 12.0 Å². The van der Waals surface area contributed by atoms with Gasteiger partial charge in [0.2, 0.25) is 11.1 Å². The Balaban J connectivity index is 2.27. The number of nitrogens with zero attached hydrogens (tertiary/aromatic N) is 4. The number of hydrogen-bond acceptors (Lipinski definition) is 9. The van der Waals surface area contributed by atoms with Crippen molar-refractivity contribution in [3.05, 3.63) is 22.1 Å². The van der Waals surface area contributed by atoms with E-state index in [1.54, 1.807) is 6.92 Å². The van der Waals surface area contributed by atoms with Gasteiger partial charge < -0.3 is 9.72 Å². The minimum atomic E-state index is -0.237. The number of nitrogens with two attached hydrogens (primary N) is 1. The molecule has 2 heterocycles. The summed E-state index contributed by atoms with van der Waals surface area (Å²) in [6.07, 6.45) is 0.826. The van der Waals surface area contributed by atoms with E-state index in [2.05, 4.69) is 30.3 Å². The van der Waals surface area contributed by atoms with Crippen LogP contribution in [0.3, 0.4) is 0 Å². The number of aromatic amines is 1. The van der Waals surface area contributed by atoms with Gasteiger partial charge in [0.05, 0.1) is 6.61 Å². The first-order valence-electron chi connectivity index (χ1n) is 6.22. The molecule has 0 aromatic carbocycles. The molecule has 0 fully saturated rings. The number of aryl methyl sites for hydroxylation is 1. The summed E-state index contributed by atoms with van der Waals surface area (Å²) < 4.78 is 5.36. The number of nitrogens with one attached hydrogen (secondary N) is 2. The van der Waals surface area contributed by atoms with E-state index in [0.29, 0.717) is 22.6 Å². The maximum atomic E-state index is 11.4. The van der Waals surface area contributed by atoms with E-state index in [-0.39, 0.29) is 17.5 Å². The molecule has 0 aliphatic rings. The summed E-state index contributed by atoms with van der Waals surface area (Å²) in [5.74, 6) is 5.49. The molecule has 10 heteroatoms. The zero-order chi connectivity index (χ0) is 15.2. The van der Waals surface area contributed by atoms with Gasteiger partial charge in [0, 0.05) is 11.8 Å². The van der Waals surface area contributed by atoms with Crippen molar-refractivity contribution in [1.29, 1.82) is 0 Å². The first kappa shape index (κ1) is 15.2. The molecule has 0 aliphatic carbocycles. The fourth-order valence-electron chi connectivity index (χ4n) is 1.39. The van der Waals surface area contributed by atoms with Crippen molar-refractivity contribution in [3.8, 4) is 6.01 Å². The second-order valence-electron chi connectivity index (χ2n) is 4.01. The number of nitrogen functional groups attached to an aromatic ring is 1. The van der Waals surface area contributed by atoms with Crippen LogP contribution in [0.4, 0.5) is 5.95 Å². The number of rotatable bonds is 6. The van der Waals surface area contributed by atoms with E-state index in [1.165, 1.54) is 6.07 Å². The highest BCUT2D eigenvalue weighted by molar-refractivity contribution is 7.99. The molecule has 9 nitrogen and oxygen atoms in total. The lowest BCUT2D eigenvalue weighted by molar-refractivity contribution is 0.288. The molecule has 4 N–H and O–H groups in total. The van der Waals surface area contributed by atoms with Crippen LogP contribution in [-0.4, -0.2) is 31.5 Å². The summed E-state index contributed by atoms with van der Waals surface area (Å²) in [6.45, 7) is 4.19. The van der Waals surface area contributed by atoms with E-state index in [9.17, 15) is 4.79 Å². The van der Waals surface area contributed by atoms with Crippen molar-refractivity contribution in [2.45, 2.75) is 30.6 Å². The molecule has 112 valence electrons. The van der Waals surface area contributed by atoms with Crippen molar-refractivity contribution in [3.63, 3.8) is 0 Å². The van der Waals surface area contributed by atoms with Crippen LogP contribution >= 0.6 is 11.8 Å². The number of hydrazine groups is 1. The zero-order valence-electron chi connectivity index (χ0n) is 11.6. The van der Waals surface area contributed by atoms with E-state index in [1.807, 2.05) is 6.92 Å². The first-order chi connectivity index (χ1) is 10.1. The third-order valence-corrected chi connectivity index (χ3v) is 2.95. The summed E-state index contributed by atoms with van der Waals surface area (Å²) in [7, 11) is 0. The highest BCUT2D eigenvalue weighted by Crippen LogP contribution is 2.22. The maximum absolute atomic E-state index is 11.4. The molecule has 0 spiro atoms. The molecule has 21 heavy (non-hydrogen) atoms. The van der Waals surface area contributed by atoms with Crippen LogP contribution < -0.4 is 21.6 Å². The zero-order valence-corrected chi connectivity index (χ0v) is 12.4. The average Bonchev–Trinajstić information content (AvgIpc) is 2.43. The van der Waals surface area contributed by atoms with Crippen molar-refractivity contribution in [1.82, 2.24) is 24.9 Å². The van der Waals surface area contributed by atoms with Gasteiger partial charge in [-0.2, -0.15) is 15.0 Å². The van der Waals surface area contributed by atoms with Gasteiger partial charge in [-0.25, -0.2) is 10.8 Å². The average molecular weight is 309 g/mol. The van der Waals surface area contributed by atoms with Crippen molar-refractivity contribution >= 4 is 17.7 Å². The summed E-state index contributed by atoms with van der Waals surface area (Å²) >= 11 is 1.09. The number of ether oxygens (including phenoxy) is 1. The van der Waals surface area contributed by atoms with Gasteiger partial charge in [-0.1, -0.05) is 6.92 Å². The second kappa shape index (κ2) is 6.99. The summed E-state index contributed by atoms with van der Waals surface area (Å²) in [4.78, 5) is 30.4. The lowest BCUT2D eigenvalue weighted by Gasteiger charge is -2.06. The van der Waals surface area contributed by atoms with Gasteiger partial charge in [0.25, 0.3) is 5.56 Å². The van der Waals surface area contributed by atoms with Crippen LogP contribution in [0.25, 0.3) is 0 Å². The molecule has 0 saturated carbocycles. The standard InChI is InChI=1S/C11H15N7O2S/c1-3-4-20-9-15-8(18-12)16-11(17-9)21-10-13-6(2)5-7(19)14-10/h5H,3-4,12H2,1-2H3,(H,13,14,19)(H,15,16,17,18). The van der Waals surface area contributed by atoms with Gasteiger partial charge in [-0.3, -0.25) is 10.2 Å². The highest BCUT2D eigenvalue weighted by Gasteiger charge is 2.10. The third kappa shape index (κ3) is 4.39. The Morgan fingerprint density at radius 1 is 1.38 bits per heavy atom. The van der Waals surface area contributed by atoms with Crippen molar-refractivity contribution < 1.29 is 4.74 Å². The SMILES string of the molecule is CCCOc1nc(NN)nc(Sc2nc(C)cc(=O)[nH]2)n1. The molecule has 2 rings (SSSR count). The van der Waals surface area contributed by atoms with Crippen LogP contribution in [0, 0.1) is 6.92 Å². The first-order valence-corrected chi connectivity index (χ1v) is 7.03. The summed E-state index contributed by atoms with van der Waals surface area (Å²) in [5, 5.41) is 0.702. The molecular weight excluding hydrogens is 294 g/mol. The fourth-order valence-corrected chi connectivity index (χ4v) is 2.16. The molecule has 0 atom stereocenters. The number of anilines is 1. The van der Waals surface area contributed by atoms with Gasteiger partial charge >= 0.3 is 6.01 Å². The predicted octanol–water partition coefficient (Wildman–Crippen LogP) is 0.489. The molecular formula is C11H15N7O2S. The van der Waals surface area contributed by atoms with Gasteiger partial charge in [-0.15, -0.1) is 0 Å². The predicted molar refractivity (Wildman–Crippen MR) is 77.1 cm³/mol. The molecule has 0 unspecified atom stereocenters. The van der Waals surface area contributed by atoms with Crippen LogP contribution in [0.2, 0.25) is 0 Å². The molecule has 0 bridgehead atoms. The van der Waals surface area contributed by atoms with Gasteiger partial charge in [0.1, 0.15) is 0 Å². The largest absolute Gasteiger partial charge is 0.463 e. The number of aromatic nitrogens is 5. The Morgan fingerprint density at radius 3 is 2.86 bits per heavy atom. The smallest absolute Gasteiger partial charge is 0.322 e. The topological polar surface area (TPSA) is 132 Å². The van der Waals surface area contributed by atoms with Crippen molar-refractivity contribution in [2.24, 2.45) is 5.84 Å². The van der Waals surface area contributed by atoms with E-state index >= 15 is 0 Å². The van der Waals surface area contributed by atoms with E-state index in [4.69, 9.17) is 10.6 Å². The molecule has 0 radical (unpaired) electrons. The molecule has 0 amide bonds. The molecule has 2 aromatic rings. The van der Waals surface area contributed by atoms with Crippen LogP contribution in [0.1, 0.15) is 19.0 Å². The lowest BCUT2D eigenvalue weighted by Crippen LogP contribution is -2.13. The minimum absolute atomic E-state index is 0.164. The summed E-state index contributed by atoms with van der Waals surface area (Å²) in [5.41, 5.74) is 2.71. The second-order valence-corrected chi connectivity index (χ2v) is 4.97. The minimum Gasteiger partial charge on any atom is -0.463 e. The monoisotopic (exact) mass is 309 g/mol. The van der Waals surface area contributed by atoms with Gasteiger partial charge in [-0.05, 0) is 25.1 Å². The van der Waals surface area contributed by atoms with E-state index < -0.39 is 0 Å². The normalized spacial score (nSPS) is 10.4. The summed E-state index contributed by atoms with van der Waals surface area (Å²) in [6, 6.07) is 1.57. The molecule has 0 saturated heterocycles. The van der Waals surface area contributed by atoms with E-state index in [0.717, 1.165) is 18.2 Å². The Kier molecular flexibility index (Phi) is 5.06. The third-order valence-electron chi connectivity index (χ3n) is 2.19. The lowest BCUT2D eigenvalue weighted by atomic mass is 10.5. The number of H-pyrrole nitrogens is 1. The number of hydrogen-bond donors (Lipinski definition) is 3. The Hall–Kier alpha value is -2.20.